The maximum Gasteiger partial charge on any atom is 0.226 e. The zero-order valence-electron chi connectivity index (χ0n) is 12.9. The van der Waals surface area contributed by atoms with Crippen LogP contribution in [0.2, 0.25) is 0 Å². The van der Waals surface area contributed by atoms with E-state index in [1.165, 1.54) is 24.3 Å². The third-order valence-corrected chi connectivity index (χ3v) is 4.36. The van der Waals surface area contributed by atoms with Crippen LogP contribution in [0.5, 0.6) is 0 Å². The minimum Gasteiger partial charge on any atom is -0.744 e. The van der Waals surface area contributed by atoms with Gasteiger partial charge >= 0.3 is 0 Å². The van der Waals surface area contributed by atoms with Crippen molar-refractivity contribution in [3.63, 3.8) is 0 Å². The maximum absolute atomic E-state index is 10.9. The number of rotatable bonds is 5. The minimum atomic E-state index is -4.45. The van der Waals surface area contributed by atoms with Crippen molar-refractivity contribution in [1.29, 1.82) is 0 Å². The molecule has 124 valence electrons. The molecule has 0 atom stereocenters. The van der Waals surface area contributed by atoms with Crippen molar-refractivity contribution < 1.29 is 17.4 Å². The smallest absolute Gasteiger partial charge is 0.226 e. The first-order chi connectivity index (χ1) is 11.5. The Morgan fingerprint density at radius 2 is 1.67 bits per heavy atom. The van der Waals surface area contributed by atoms with Crippen molar-refractivity contribution in [2.45, 2.75) is 11.4 Å². The summed E-state index contributed by atoms with van der Waals surface area (Å²) in [5, 5.41) is 3.08. The van der Waals surface area contributed by atoms with Crippen LogP contribution in [0.1, 0.15) is 5.56 Å². The van der Waals surface area contributed by atoms with Crippen LogP contribution >= 0.6 is 0 Å². The van der Waals surface area contributed by atoms with Gasteiger partial charge in [-0.25, -0.2) is 13.4 Å². The predicted octanol–water partition coefficient (Wildman–Crippen LogP) is 2.63. The first-order valence-electron chi connectivity index (χ1n) is 7.23. The third kappa shape index (κ3) is 3.53. The fourth-order valence-electron chi connectivity index (χ4n) is 2.30. The zero-order chi connectivity index (χ0) is 17.2. The van der Waals surface area contributed by atoms with Gasteiger partial charge in [-0.3, -0.25) is 0 Å². The van der Waals surface area contributed by atoms with E-state index in [0.29, 0.717) is 17.2 Å². The van der Waals surface area contributed by atoms with Crippen LogP contribution in [0.3, 0.4) is 0 Å². The van der Waals surface area contributed by atoms with E-state index in [2.05, 4.69) is 10.3 Å². The lowest BCUT2D eigenvalue weighted by molar-refractivity contribution is 0.463. The summed E-state index contributed by atoms with van der Waals surface area (Å²) in [5.41, 5.74) is 2.66. The number of hydrogen-bond donors (Lipinski definition) is 1. The molecule has 0 saturated heterocycles. The topological polar surface area (TPSA) is 95.3 Å². The number of hydrogen-bond acceptors (Lipinski definition) is 6. The summed E-state index contributed by atoms with van der Waals surface area (Å²) in [6, 6.07) is 13.4. The second kappa shape index (κ2) is 6.56. The summed E-state index contributed by atoms with van der Waals surface area (Å²) in [6.07, 6.45) is 1.61. The van der Waals surface area contributed by atoms with E-state index in [1.807, 2.05) is 31.3 Å². The lowest BCUT2D eigenvalue weighted by Gasteiger charge is -2.06. The average Bonchev–Trinajstić information content (AvgIpc) is 3.05. The van der Waals surface area contributed by atoms with Crippen molar-refractivity contribution in [1.82, 2.24) is 10.3 Å². The number of oxazole rings is 1. The Labute approximate surface area is 139 Å². The normalized spacial score (nSPS) is 11.6. The van der Waals surface area contributed by atoms with Crippen LogP contribution in [-0.4, -0.2) is 25.0 Å². The van der Waals surface area contributed by atoms with E-state index in [1.54, 1.807) is 6.20 Å². The van der Waals surface area contributed by atoms with Crippen LogP contribution in [0.15, 0.2) is 64.0 Å². The molecule has 0 aliphatic carbocycles. The number of nitrogens with one attached hydrogen (secondary N) is 1. The molecule has 0 unspecified atom stereocenters. The molecule has 0 spiro atoms. The van der Waals surface area contributed by atoms with E-state index in [9.17, 15) is 13.0 Å². The molecule has 24 heavy (non-hydrogen) atoms. The molecule has 0 amide bonds. The Morgan fingerprint density at radius 3 is 2.25 bits per heavy atom. The molecule has 1 aromatic heterocycles. The molecule has 0 fully saturated rings. The molecular weight excluding hydrogens is 328 g/mol. The summed E-state index contributed by atoms with van der Waals surface area (Å²) >= 11 is 0. The molecule has 0 aliphatic heterocycles. The highest BCUT2D eigenvalue weighted by molar-refractivity contribution is 7.85. The highest BCUT2D eigenvalue weighted by Gasteiger charge is 2.09. The summed E-state index contributed by atoms with van der Waals surface area (Å²) in [4.78, 5) is 3.93. The van der Waals surface area contributed by atoms with E-state index < -0.39 is 10.1 Å². The SMILES string of the molecule is CNCc1ccc(-c2cnc(-c3ccc(S(=O)(=O)[O-])cc3)o2)cc1. The van der Waals surface area contributed by atoms with Crippen molar-refractivity contribution in [3.8, 4) is 22.8 Å². The molecule has 3 rings (SSSR count). The van der Waals surface area contributed by atoms with Gasteiger partial charge in [0.25, 0.3) is 0 Å². The van der Waals surface area contributed by atoms with E-state index in [-0.39, 0.29) is 4.90 Å². The molecule has 1 N–H and O–H groups in total. The van der Waals surface area contributed by atoms with Crippen molar-refractivity contribution in [2.24, 2.45) is 0 Å². The van der Waals surface area contributed by atoms with E-state index in [4.69, 9.17) is 4.42 Å². The number of aromatic nitrogens is 1. The fourth-order valence-corrected chi connectivity index (χ4v) is 2.77. The first kappa shape index (κ1) is 16.4. The Morgan fingerprint density at radius 1 is 1.04 bits per heavy atom. The predicted molar refractivity (Wildman–Crippen MR) is 88.1 cm³/mol. The second-order valence-corrected chi connectivity index (χ2v) is 6.62. The van der Waals surface area contributed by atoms with Gasteiger partial charge in [-0.2, -0.15) is 0 Å². The Kier molecular flexibility index (Phi) is 4.48. The molecule has 0 radical (unpaired) electrons. The van der Waals surface area contributed by atoms with Gasteiger partial charge in [0.15, 0.2) is 5.76 Å². The number of nitrogens with zero attached hydrogens (tertiary/aromatic N) is 1. The molecule has 0 aliphatic rings. The van der Waals surface area contributed by atoms with Crippen LogP contribution in [0.25, 0.3) is 22.8 Å². The minimum absolute atomic E-state index is 0.279. The van der Waals surface area contributed by atoms with Crippen molar-refractivity contribution in [3.05, 3.63) is 60.3 Å². The summed E-state index contributed by atoms with van der Waals surface area (Å²) in [7, 11) is -2.57. The molecule has 0 bridgehead atoms. The van der Waals surface area contributed by atoms with Gasteiger partial charge in [0.05, 0.1) is 11.1 Å². The van der Waals surface area contributed by atoms with Gasteiger partial charge in [0.1, 0.15) is 10.1 Å². The van der Waals surface area contributed by atoms with Crippen LogP contribution in [-0.2, 0) is 16.7 Å². The fraction of sp³-hybridized carbons (Fsp3) is 0.118. The van der Waals surface area contributed by atoms with Crippen molar-refractivity contribution >= 4 is 10.1 Å². The highest BCUT2D eigenvalue weighted by Crippen LogP contribution is 2.27. The average molecular weight is 343 g/mol. The lowest BCUT2D eigenvalue weighted by Crippen LogP contribution is -2.04. The van der Waals surface area contributed by atoms with Crippen LogP contribution < -0.4 is 5.32 Å². The molecule has 6 nitrogen and oxygen atoms in total. The number of benzene rings is 2. The van der Waals surface area contributed by atoms with E-state index in [0.717, 1.165) is 17.7 Å². The third-order valence-electron chi connectivity index (χ3n) is 3.51. The van der Waals surface area contributed by atoms with Gasteiger partial charge < -0.3 is 14.3 Å². The van der Waals surface area contributed by atoms with Gasteiger partial charge in [-0.05, 0) is 36.9 Å². The van der Waals surface area contributed by atoms with Crippen LogP contribution in [0.4, 0.5) is 0 Å². The summed E-state index contributed by atoms with van der Waals surface area (Å²) in [5.74, 6) is 0.973. The largest absolute Gasteiger partial charge is 0.744 e. The molecule has 2 aromatic carbocycles. The quantitative estimate of drug-likeness (QED) is 0.716. The monoisotopic (exact) mass is 343 g/mol. The molecule has 7 heteroatoms. The van der Waals surface area contributed by atoms with Gasteiger partial charge in [-0.1, -0.05) is 24.3 Å². The van der Waals surface area contributed by atoms with Gasteiger partial charge in [0.2, 0.25) is 5.89 Å². The summed E-state index contributed by atoms with van der Waals surface area (Å²) < 4.78 is 38.6. The van der Waals surface area contributed by atoms with Gasteiger partial charge in [0, 0.05) is 17.7 Å². The second-order valence-electron chi connectivity index (χ2n) is 5.24. The Hall–Kier alpha value is -2.48. The van der Waals surface area contributed by atoms with Crippen molar-refractivity contribution in [2.75, 3.05) is 7.05 Å². The highest BCUT2D eigenvalue weighted by atomic mass is 32.2. The Bertz CT molecular complexity index is 929. The molecule has 0 saturated carbocycles. The lowest BCUT2D eigenvalue weighted by atomic mass is 10.1. The molecule has 1 heterocycles. The van der Waals surface area contributed by atoms with Gasteiger partial charge in [-0.15, -0.1) is 0 Å². The maximum atomic E-state index is 10.9. The zero-order valence-corrected chi connectivity index (χ0v) is 13.7. The Balaban J connectivity index is 1.85. The first-order valence-corrected chi connectivity index (χ1v) is 8.64. The molecule has 3 aromatic rings. The van der Waals surface area contributed by atoms with E-state index >= 15 is 0 Å². The van der Waals surface area contributed by atoms with Crippen LogP contribution in [0, 0.1) is 0 Å². The standard InChI is InChI=1S/C17H16N2O4S/c1-18-10-12-2-4-13(5-3-12)16-11-19-17(23-16)14-6-8-15(9-7-14)24(20,21)22/h2-9,11,18H,10H2,1H3,(H,20,21,22)/p-1. The summed E-state index contributed by atoms with van der Waals surface area (Å²) in [6.45, 7) is 0.789. The molecular formula is C17H15N2O4S-.